The van der Waals surface area contributed by atoms with Crippen LogP contribution in [0.2, 0.25) is 0 Å². The fraction of sp³-hybridized carbons (Fsp3) is 0.462. The first-order chi connectivity index (χ1) is 7.15. The van der Waals surface area contributed by atoms with Gasteiger partial charge in [0.05, 0.1) is 0 Å². The van der Waals surface area contributed by atoms with Gasteiger partial charge in [0.1, 0.15) is 0 Å². The van der Waals surface area contributed by atoms with Gasteiger partial charge in [-0.3, -0.25) is 4.79 Å². The van der Waals surface area contributed by atoms with Gasteiger partial charge >= 0.3 is 0 Å². The third-order valence-electron chi connectivity index (χ3n) is 2.58. The molecule has 0 saturated heterocycles. The SMILES string of the molecule is CCCC(C)Cc1ccccc1C(=O)Cl. The van der Waals surface area contributed by atoms with Crippen LogP contribution in [0.5, 0.6) is 0 Å². The second-order valence-corrected chi connectivity index (χ2v) is 4.37. The van der Waals surface area contributed by atoms with Crippen molar-refractivity contribution in [2.24, 2.45) is 5.92 Å². The molecule has 0 aliphatic heterocycles. The second kappa shape index (κ2) is 5.92. The largest absolute Gasteiger partial charge is 0.276 e. The topological polar surface area (TPSA) is 17.1 Å². The minimum Gasteiger partial charge on any atom is -0.276 e. The van der Waals surface area contributed by atoms with Crippen molar-refractivity contribution in [3.63, 3.8) is 0 Å². The minimum atomic E-state index is -0.353. The fourth-order valence-corrected chi connectivity index (χ4v) is 2.04. The molecule has 0 N–H and O–H groups in total. The van der Waals surface area contributed by atoms with Crippen molar-refractivity contribution >= 4 is 16.8 Å². The molecule has 82 valence electrons. The van der Waals surface area contributed by atoms with E-state index in [0.29, 0.717) is 11.5 Å². The maximum Gasteiger partial charge on any atom is 0.252 e. The Balaban J connectivity index is 2.79. The molecule has 1 unspecified atom stereocenters. The smallest absolute Gasteiger partial charge is 0.252 e. The van der Waals surface area contributed by atoms with Gasteiger partial charge in [-0.2, -0.15) is 0 Å². The molecule has 0 saturated carbocycles. The van der Waals surface area contributed by atoms with Crippen LogP contribution in [0.1, 0.15) is 42.6 Å². The Hall–Kier alpha value is -0.820. The van der Waals surface area contributed by atoms with E-state index in [4.69, 9.17) is 11.6 Å². The average molecular weight is 225 g/mol. The number of halogens is 1. The molecule has 0 spiro atoms. The number of hydrogen-bond acceptors (Lipinski definition) is 1. The second-order valence-electron chi connectivity index (χ2n) is 4.03. The van der Waals surface area contributed by atoms with Gasteiger partial charge in [0.25, 0.3) is 5.24 Å². The number of hydrogen-bond donors (Lipinski definition) is 0. The molecule has 0 heterocycles. The van der Waals surface area contributed by atoms with Gasteiger partial charge in [-0.25, -0.2) is 0 Å². The molecule has 0 aliphatic rings. The molecular formula is C13H17ClO. The Kier molecular flexibility index (Phi) is 4.83. The van der Waals surface area contributed by atoms with Gasteiger partial charge in [-0.1, -0.05) is 44.9 Å². The zero-order valence-electron chi connectivity index (χ0n) is 9.29. The summed E-state index contributed by atoms with van der Waals surface area (Å²) in [5.41, 5.74) is 1.72. The summed E-state index contributed by atoms with van der Waals surface area (Å²) in [6.45, 7) is 4.38. The predicted molar refractivity (Wildman–Crippen MR) is 64.4 cm³/mol. The third kappa shape index (κ3) is 3.67. The Morgan fingerprint density at radius 3 is 2.67 bits per heavy atom. The lowest BCUT2D eigenvalue weighted by Gasteiger charge is -2.11. The molecule has 15 heavy (non-hydrogen) atoms. The van der Waals surface area contributed by atoms with Crippen molar-refractivity contribution < 1.29 is 4.79 Å². The van der Waals surface area contributed by atoms with Crippen LogP contribution in [0.15, 0.2) is 24.3 Å². The summed E-state index contributed by atoms with van der Waals surface area (Å²) in [4.78, 5) is 11.2. The summed E-state index contributed by atoms with van der Waals surface area (Å²) >= 11 is 5.53. The molecule has 1 atom stereocenters. The number of rotatable bonds is 5. The van der Waals surface area contributed by atoms with Crippen molar-refractivity contribution in [1.82, 2.24) is 0 Å². The van der Waals surface area contributed by atoms with Crippen molar-refractivity contribution in [3.05, 3.63) is 35.4 Å². The van der Waals surface area contributed by atoms with Crippen molar-refractivity contribution in [2.45, 2.75) is 33.1 Å². The summed E-state index contributed by atoms with van der Waals surface area (Å²) in [5.74, 6) is 0.604. The Bertz CT molecular complexity index is 333. The van der Waals surface area contributed by atoms with Crippen LogP contribution < -0.4 is 0 Å². The number of carbonyl (C=O) groups excluding carboxylic acids is 1. The Labute approximate surface area is 96.5 Å². The molecule has 1 aromatic rings. The number of benzene rings is 1. The van der Waals surface area contributed by atoms with Gasteiger partial charge in [0, 0.05) is 5.56 Å². The molecule has 0 amide bonds. The van der Waals surface area contributed by atoms with Crippen LogP contribution in [-0.2, 0) is 6.42 Å². The fourth-order valence-electron chi connectivity index (χ4n) is 1.86. The zero-order valence-corrected chi connectivity index (χ0v) is 10.1. The van der Waals surface area contributed by atoms with E-state index in [9.17, 15) is 4.79 Å². The maximum absolute atomic E-state index is 11.2. The highest BCUT2D eigenvalue weighted by molar-refractivity contribution is 6.67. The Morgan fingerprint density at radius 2 is 2.07 bits per heavy atom. The lowest BCUT2D eigenvalue weighted by molar-refractivity contribution is 0.108. The zero-order chi connectivity index (χ0) is 11.3. The van der Waals surface area contributed by atoms with Crippen LogP contribution in [0.4, 0.5) is 0 Å². The molecule has 0 fully saturated rings. The molecule has 1 nitrogen and oxygen atoms in total. The normalized spacial score (nSPS) is 12.5. The summed E-state index contributed by atoms with van der Waals surface area (Å²) in [7, 11) is 0. The van der Waals surface area contributed by atoms with Gasteiger partial charge in [-0.15, -0.1) is 0 Å². The minimum absolute atomic E-state index is 0.353. The standard InChI is InChI=1S/C13H17ClO/c1-3-6-10(2)9-11-7-4-5-8-12(11)13(14)15/h4-5,7-8,10H,3,6,9H2,1-2H3. The van der Waals surface area contributed by atoms with Gasteiger partial charge in [0.15, 0.2) is 0 Å². The maximum atomic E-state index is 11.2. The van der Waals surface area contributed by atoms with Crippen LogP contribution in [-0.4, -0.2) is 5.24 Å². The molecule has 0 aliphatic carbocycles. The third-order valence-corrected chi connectivity index (χ3v) is 2.78. The quantitative estimate of drug-likeness (QED) is 0.690. The first-order valence-electron chi connectivity index (χ1n) is 5.42. The first-order valence-corrected chi connectivity index (χ1v) is 5.80. The van der Waals surface area contributed by atoms with E-state index in [-0.39, 0.29) is 5.24 Å². The van der Waals surface area contributed by atoms with Gasteiger partial charge < -0.3 is 0 Å². The summed E-state index contributed by atoms with van der Waals surface area (Å²) in [5, 5.41) is -0.353. The molecule has 1 rings (SSSR count). The molecule has 0 bridgehead atoms. The van der Waals surface area contributed by atoms with E-state index in [1.165, 1.54) is 12.8 Å². The molecule has 1 aromatic carbocycles. The lowest BCUT2D eigenvalue weighted by Crippen LogP contribution is -2.04. The summed E-state index contributed by atoms with van der Waals surface area (Å²) < 4.78 is 0. The monoisotopic (exact) mass is 224 g/mol. The molecular weight excluding hydrogens is 208 g/mol. The molecule has 2 heteroatoms. The van der Waals surface area contributed by atoms with Gasteiger partial charge in [-0.05, 0) is 35.6 Å². The van der Waals surface area contributed by atoms with Crippen LogP contribution in [0.3, 0.4) is 0 Å². The summed E-state index contributed by atoms with van der Waals surface area (Å²) in [6, 6.07) is 7.59. The van der Waals surface area contributed by atoms with Crippen molar-refractivity contribution in [1.29, 1.82) is 0 Å². The average Bonchev–Trinajstić information content (AvgIpc) is 2.18. The van der Waals surface area contributed by atoms with E-state index in [2.05, 4.69) is 13.8 Å². The highest BCUT2D eigenvalue weighted by atomic mass is 35.5. The number of carbonyl (C=O) groups is 1. The highest BCUT2D eigenvalue weighted by Crippen LogP contribution is 2.18. The first kappa shape index (κ1) is 12.3. The van der Waals surface area contributed by atoms with Gasteiger partial charge in [0.2, 0.25) is 0 Å². The van der Waals surface area contributed by atoms with Crippen LogP contribution >= 0.6 is 11.6 Å². The highest BCUT2D eigenvalue weighted by Gasteiger charge is 2.10. The predicted octanol–water partition coefficient (Wildman–Crippen LogP) is 4.04. The van der Waals surface area contributed by atoms with E-state index in [0.717, 1.165) is 12.0 Å². The summed E-state index contributed by atoms with van der Waals surface area (Å²) in [6.07, 6.45) is 3.30. The Morgan fingerprint density at radius 1 is 1.40 bits per heavy atom. The lowest BCUT2D eigenvalue weighted by atomic mass is 9.94. The van der Waals surface area contributed by atoms with Crippen molar-refractivity contribution in [2.75, 3.05) is 0 Å². The van der Waals surface area contributed by atoms with E-state index < -0.39 is 0 Å². The van der Waals surface area contributed by atoms with E-state index >= 15 is 0 Å². The molecule has 0 radical (unpaired) electrons. The molecule has 0 aromatic heterocycles. The van der Waals surface area contributed by atoms with Crippen LogP contribution in [0, 0.1) is 5.92 Å². The van der Waals surface area contributed by atoms with Crippen LogP contribution in [0.25, 0.3) is 0 Å². The van der Waals surface area contributed by atoms with E-state index in [1.54, 1.807) is 6.07 Å². The van der Waals surface area contributed by atoms with E-state index in [1.807, 2.05) is 18.2 Å². The van der Waals surface area contributed by atoms with Crippen molar-refractivity contribution in [3.8, 4) is 0 Å².